The highest BCUT2D eigenvalue weighted by Gasteiger charge is 2.01. The van der Waals surface area contributed by atoms with Gasteiger partial charge in [-0.25, -0.2) is 0 Å². The first kappa shape index (κ1) is 11.7. The number of unbranched alkanes of at least 4 members (excludes halogenated alkanes) is 2. The Bertz CT molecular complexity index is 103. The minimum absolute atomic E-state index is 0.0183. The van der Waals surface area contributed by atoms with E-state index in [0.717, 1.165) is 31.7 Å². The van der Waals surface area contributed by atoms with Crippen LogP contribution in [0.2, 0.25) is 6.04 Å². The summed E-state index contributed by atoms with van der Waals surface area (Å²) in [6, 6.07) is 1.01. The van der Waals surface area contributed by atoms with Crippen molar-refractivity contribution >= 4 is 15.7 Å². The summed E-state index contributed by atoms with van der Waals surface area (Å²) >= 11 is 0. The van der Waals surface area contributed by atoms with E-state index in [4.69, 9.17) is 4.43 Å². The van der Waals surface area contributed by atoms with Crippen LogP contribution in [0.4, 0.5) is 0 Å². The molecule has 3 heteroatoms. The Labute approximate surface area is 77.6 Å². The van der Waals surface area contributed by atoms with E-state index < -0.39 is 0 Å². The van der Waals surface area contributed by atoms with E-state index in [9.17, 15) is 4.79 Å². The molecule has 0 saturated carbocycles. The molecule has 2 nitrogen and oxygen atoms in total. The third-order valence-corrected chi connectivity index (χ3v) is 2.60. The molecule has 0 saturated heterocycles. The van der Waals surface area contributed by atoms with Crippen LogP contribution in [0.25, 0.3) is 0 Å². The molecule has 0 aromatic heterocycles. The second-order valence-electron chi connectivity index (χ2n) is 2.83. The quantitative estimate of drug-likeness (QED) is 0.451. The summed E-state index contributed by atoms with van der Waals surface area (Å²) in [4.78, 5) is 11.0. The van der Waals surface area contributed by atoms with Gasteiger partial charge in [-0.1, -0.05) is 33.1 Å². The van der Waals surface area contributed by atoms with Crippen molar-refractivity contribution in [2.45, 2.75) is 52.0 Å². The molecule has 0 aliphatic rings. The molecular weight excluding hydrogens is 168 g/mol. The zero-order valence-corrected chi connectivity index (χ0v) is 9.06. The van der Waals surface area contributed by atoms with Crippen LogP contribution >= 0.6 is 0 Å². The predicted octanol–water partition coefficient (Wildman–Crippen LogP) is 2.56. The van der Waals surface area contributed by atoms with E-state index in [1.165, 1.54) is 0 Å². The Morgan fingerprint density at radius 1 is 1.25 bits per heavy atom. The number of hydrogen-bond donors (Lipinski definition) is 0. The van der Waals surface area contributed by atoms with E-state index in [0.29, 0.717) is 16.2 Å². The summed E-state index contributed by atoms with van der Waals surface area (Å²) in [7, 11) is 0.375. The zero-order chi connectivity index (χ0) is 9.23. The summed E-state index contributed by atoms with van der Waals surface area (Å²) in [5.74, 6) is -0.0183. The average Bonchev–Trinajstić information content (AvgIpc) is 2.06. The molecule has 2 radical (unpaired) electrons. The van der Waals surface area contributed by atoms with Gasteiger partial charge >= 0.3 is 9.76 Å². The highest BCUT2D eigenvalue weighted by atomic mass is 28.2. The summed E-state index contributed by atoms with van der Waals surface area (Å²) < 4.78 is 5.02. The van der Waals surface area contributed by atoms with Crippen LogP contribution in [0.15, 0.2) is 0 Å². The fraction of sp³-hybridized carbons (Fsp3) is 0.889. The summed E-state index contributed by atoms with van der Waals surface area (Å²) in [6.45, 7) is 4.22. The van der Waals surface area contributed by atoms with Gasteiger partial charge in [-0.15, -0.1) is 0 Å². The first-order valence-corrected chi connectivity index (χ1v) is 5.85. The minimum Gasteiger partial charge on any atom is -0.516 e. The second kappa shape index (κ2) is 8.78. The van der Waals surface area contributed by atoms with E-state index >= 15 is 0 Å². The van der Waals surface area contributed by atoms with Gasteiger partial charge < -0.3 is 4.43 Å². The lowest BCUT2D eigenvalue weighted by molar-refractivity contribution is -0.134. The van der Waals surface area contributed by atoms with Crippen LogP contribution in [-0.2, 0) is 9.22 Å². The monoisotopic (exact) mass is 186 g/mol. The van der Waals surface area contributed by atoms with Crippen LogP contribution in [0.3, 0.4) is 0 Å². The van der Waals surface area contributed by atoms with Gasteiger partial charge in [-0.05, 0) is 12.5 Å². The van der Waals surface area contributed by atoms with Gasteiger partial charge in [0.2, 0.25) is 0 Å². The molecule has 0 amide bonds. The molecule has 0 aliphatic carbocycles. The molecule has 70 valence electrons. The lowest BCUT2D eigenvalue weighted by Crippen LogP contribution is -2.07. The van der Waals surface area contributed by atoms with E-state index in [1.54, 1.807) is 0 Å². The zero-order valence-electron chi connectivity index (χ0n) is 8.06. The highest BCUT2D eigenvalue weighted by molar-refractivity contribution is 6.30. The van der Waals surface area contributed by atoms with Crippen LogP contribution < -0.4 is 0 Å². The molecule has 0 aliphatic heterocycles. The molecule has 0 aromatic rings. The van der Waals surface area contributed by atoms with Gasteiger partial charge in [0, 0.05) is 6.42 Å². The molecule has 0 unspecified atom stereocenters. The van der Waals surface area contributed by atoms with Crippen molar-refractivity contribution in [2.75, 3.05) is 0 Å². The van der Waals surface area contributed by atoms with Crippen molar-refractivity contribution in [3.05, 3.63) is 0 Å². The maximum atomic E-state index is 11.0. The van der Waals surface area contributed by atoms with Crippen LogP contribution in [0.5, 0.6) is 0 Å². The molecule has 0 atom stereocenters. The van der Waals surface area contributed by atoms with E-state index in [2.05, 4.69) is 13.8 Å². The van der Waals surface area contributed by atoms with Crippen molar-refractivity contribution in [1.82, 2.24) is 0 Å². The van der Waals surface area contributed by atoms with Gasteiger partial charge in [0.05, 0.1) is 0 Å². The Morgan fingerprint density at radius 3 is 2.58 bits per heavy atom. The fourth-order valence-electron chi connectivity index (χ4n) is 0.804. The Morgan fingerprint density at radius 2 is 2.00 bits per heavy atom. The molecule has 12 heavy (non-hydrogen) atoms. The number of carbonyl (C=O) groups is 1. The minimum atomic E-state index is -0.0183. The standard InChI is InChI=1S/C9H18O2Si/c1-3-5-6-7-9(10)11-12-8-4-2/h3-8H2,1-2H3. The molecular formula is C9H18O2Si. The lowest BCUT2D eigenvalue weighted by atomic mass is 10.2. The molecule has 0 heterocycles. The third kappa shape index (κ3) is 7.79. The smallest absolute Gasteiger partial charge is 0.314 e. The molecule has 0 N–H and O–H groups in total. The lowest BCUT2D eigenvalue weighted by Gasteiger charge is -2.01. The number of hydrogen-bond acceptors (Lipinski definition) is 2. The first-order chi connectivity index (χ1) is 5.81. The maximum Gasteiger partial charge on any atom is 0.314 e. The highest BCUT2D eigenvalue weighted by Crippen LogP contribution is 2.00. The summed E-state index contributed by atoms with van der Waals surface area (Å²) in [5, 5.41) is 0. The van der Waals surface area contributed by atoms with Crippen molar-refractivity contribution in [3.8, 4) is 0 Å². The number of rotatable bonds is 7. The SMILES string of the molecule is CCCCCC(=O)O[Si]CCC. The van der Waals surface area contributed by atoms with Crippen molar-refractivity contribution in [1.29, 1.82) is 0 Å². The Balaban J connectivity index is 3.10. The predicted molar refractivity (Wildman–Crippen MR) is 51.1 cm³/mol. The average molecular weight is 186 g/mol. The summed E-state index contributed by atoms with van der Waals surface area (Å²) in [6.07, 6.45) is 4.97. The van der Waals surface area contributed by atoms with Crippen LogP contribution in [-0.4, -0.2) is 15.7 Å². The largest absolute Gasteiger partial charge is 0.516 e. The van der Waals surface area contributed by atoms with Gasteiger partial charge in [0.1, 0.15) is 0 Å². The normalized spacial score (nSPS) is 9.83. The second-order valence-corrected chi connectivity index (χ2v) is 3.82. The van der Waals surface area contributed by atoms with Gasteiger partial charge in [-0.2, -0.15) is 0 Å². The molecule has 0 aromatic carbocycles. The van der Waals surface area contributed by atoms with Crippen molar-refractivity contribution in [2.24, 2.45) is 0 Å². The first-order valence-electron chi connectivity index (χ1n) is 4.73. The van der Waals surface area contributed by atoms with Crippen LogP contribution in [0, 0.1) is 0 Å². The number of carbonyl (C=O) groups excluding carboxylic acids is 1. The van der Waals surface area contributed by atoms with E-state index in [1.807, 2.05) is 0 Å². The van der Waals surface area contributed by atoms with E-state index in [-0.39, 0.29) is 5.97 Å². The van der Waals surface area contributed by atoms with Gasteiger partial charge in [0.15, 0.2) is 0 Å². The molecule has 0 bridgehead atoms. The third-order valence-electron chi connectivity index (χ3n) is 1.52. The van der Waals surface area contributed by atoms with Crippen LogP contribution in [0.1, 0.15) is 46.0 Å². The topological polar surface area (TPSA) is 26.3 Å². The maximum absolute atomic E-state index is 11.0. The van der Waals surface area contributed by atoms with Crippen molar-refractivity contribution in [3.63, 3.8) is 0 Å². The molecule has 0 rings (SSSR count). The Kier molecular flexibility index (Phi) is 8.55. The molecule has 0 fully saturated rings. The molecule has 0 spiro atoms. The fourth-order valence-corrected chi connectivity index (χ4v) is 1.37. The van der Waals surface area contributed by atoms with Gasteiger partial charge in [0.25, 0.3) is 5.97 Å². The van der Waals surface area contributed by atoms with Crippen molar-refractivity contribution < 1.29 is 9.22 Å². The Hall–Kier alpha value is -0.313. The summed E-state index contributed by atoms with van der Waals surface area (Å²) in [5.41, 5.74) is 0. The van der Waals surface area contributed by atoms with Gasteiger partial charge in [-0.3, -0.25) is 4.79 Å².